The minimum Gasteiger partial charge on any atom is -0.493 e. The molecule has 0 heterocycles. The van der Waals surface area contributed by atoms with E-state index in [0.717, 1.165) is 21.2 Å². The predicted molar refractivity (Wildman–Crippen MR) is 109 cm³/mol. The van der Waals surface area contributed by atoms with E-state index in [1.54, 1.807) is 19.2 Å². The molecule has 0 aromatic heterocycles. The van der Waals surface area contributed by atoms with Crippen molar-refractivity contribution < 1.29 is 19.0 Å². The number of ether oxygens (including phenoxy) is 3. The molecule has 6 nitrogen and oxygen atoms in total. The second-order valence-electron chi connectivity index (χ2n) is 5.79. The number of hydrogen-bond donors (Lipinski definition) is 1. The van der Waals surface area contributed by atoms with E-state index in [2.05, 4.69) is 26.5 Å². The second kappa shape index (κ2) is 9.97. The number of methoxy groups -OCH3 is 1. The highest BCUT2D eigenvalue weighted by Gasteiger charge is 2.08. The van der Waals surface area contributed by atoms with Gasteiger partial charge < -0.3 is 14.2 Å². The first-order chi connectivity index (χ1) is 12.9. The summed E-state index contributed by atoms with van der Waals surface area (Å²) < 4.78 is 17.4. The molecule has 0 spiro atoms. The molecule has 0 radical (unpaired) electrons. The van der Waals surface area contributed by atoms with Crippen LogP contribution in [0, 0.1) is 13.8 Å². The summed E-state index contributed by atoms with van der Waals surface area (Å²) in [5.74, 6) is 1.63. The van der Waals surface area contributed by atoms with Gasteiger partial charge in [-0.2, -0.15) is 5.10 Å². The van der Waals surface area contributed by atoms with Gasteiger partial charge in [0.15, 0.2) is 18.1 Å². The molecular weight excluding hydrogens is 412 g/mol. The molecule has 7 heteroatoms. The normalized spacial score (nSPS) is 10.7. The number of rotatable bonds is 8. The fourth-order valence-electron chi connectivity index (χ4n) is 2.51. The third-order valence-corrected chi connectivity index (χ3v) is 4.12. The number of carbonyl (C=O) groups is 1. The maximum Gasteiger partial charge on any atom is 0.277 e. The van der Waals surface area contributed by atoms with E-state index in [1.165, 1.54) is 6.21 Å². The van der Waals surface area contributed by atoms with Crippen LogP contribution in [0.2, 0.25) is 0 Å². The first-order valence-corrected chi connectivity index (χ1v) is 9.26. The van der Waals surface area contributed by atoms with Crippen molar-refractivity contribution in [2.75, 3.05) is 20.3 Å². The zero-order valence-corrected chi connectivity index (χ0v) is 17.4. The molecule has 2 rings (SSSR count). The lowest BCUT2D eigenvalue weighted by molar-refractivity contribution is -0.123. The van der Waals surface area contributed by atoms with Gasteiger partial charge >= 0.3 is 0 Å². The first-order valence-electron chi connectivity index (χ1n) is 8.46. The number of nitrogens with one attached hydrogen (secondary N) is 1. The van der Waals surface area contributed by atoms with E-state index < -0.39 is 0 Å². The third-order valence-electron chi connectivity index (χ3n) is 3.66. The Bertz CT molecular complexity index is 814. The lowest BCUT2D eigenvalue weighted by atomic mass is 10.1. The number of carbonyl (C=O) groups excluding carboxylic acids is 1. The van der Waals surface area contributed by atoms with Crippen molar-refractivity contribution in [3.05, 3.63) is 51.5 Å². The van der Waals surface area contributed by atoms with Gasteiger partial charge in [0.05, 0.1) is 19.9 Å². The van der Waals surface area contributed by atoms with E-state index in [4.69, 9.17) is 14.2 Å². The average molecular weight is 435 g/mol. The van der Waals surface area contributed by atoms with Crippen LogP contribution in [0.25, 0.3) is 0 Å². The monoisotopic (exact) mass is 434 g/mol. The van der Waals surface area contributed by atoms with Crippen LogP contribution in [-0.2, 0) is 4.79 Å². The Kier molecular flexibility index (Phi) is 7.67. The highest BCUT2D eigenvalue weighted by molar-refractivity contribution is 9.10. The van der Waals surface area contributed by atoms with Gasteiger partial charge in [-0.05, 0) is 67.8 Å². The summed E-state index contributed by atoms with van der Waals surface area (Å²) in [7, 11) is 1.57. The summed E-state index contributed by atoms with van der Waals surface area (Å²) in [6.45, 7) is 6.21. The van der Waals surface area contributed by atoms with Gasteiger partial charge in [-0.15, -0.1) is 0 Å². The van der Waals surface area contributed by atoms with Crippen molar-refractivity contribution in [2.24, 2.45) is 5.10 Å². The maximum atomic E-state index is 12.0. The number of hydrogen-bond acceptors (Lipinski definition) is 5. The van der Waals surface area contributed by atoms with Gasteiger partial charge in [0.1, 0.15) is 5.75 Å². The van der Waals surface area contributed by atoms with Gasteiger partial charge in [0.25, 0.3) is 5.91 Å². The fourth-order valence-corrected chi connectivity index (χ4v) is 3.20. The molecule has 0 aliphatic heterocycles. The van der Waals surface area contributed by atoms with Gasteiger partial charge in [0.2, 0.25) is 0 Å². The van der Waals surface area contributed by atoms with Gasteiger partial charge in [-0.1, -0.05) is 15.9 Å². The topological polar surface area (TPSA) is 69.2 Å². The Labute approximate surface area is 167 Å². The Morgan fingerprint density at radius 2 is 1.85 bits per heavy atom. The smallest absolute Gasteiger partial charge is 0.277 e. The Morgan fingerprint density at radius 1 is 1.15 bits per heavy atom. The quantitative estimate of drug-likeness (QED) is 0.503. The highest BCUT2D eigenvalue weighted by atomic mass is 79.9. The number of hydrazone groups is 1. The summed E-state index contributed by atoms with van der Waals surface area (Å²) in [5, 5.41) is 3.96. The van der Waals surface area contributed by atoms with Crippen molar-refractivity contribution in [3.8, 4) is 17.2 Å². The molecule has 0 aliphatic rings. The van der Waals surface area contributed by atoms with Crippen LogP contribution in [0.5, 0.6) is 17.2 Å². The van der Waals surface area contributed by atoms with E-state index >= 15 is 0 Å². The van der Waals surface area contributed by atoms with E-state index in [-0.39, 0.29) is 12.5 Å². The molecule has 1 N–H and O–H groups in total. The molecule has 2 aromatic rings. The third kappa shape index (κ3) is 5.99. The molecule has 1 amide bonds. The average Bonchev–Trinajstić information content (AvgIpc) is 2.62. The van der Waals surface area contributed by atoms with Crippen LogP contribution in [0.1, 0.15) is 23.6 Å². The minimum absolute atomic E-state index is 0.118. The van der Waals surface area contributed by atoms with Gasteiger partial charge in [-0.3, -0.25) is 4.79 Å². The lowest BCUT2D eigenvalue weighted by Crippen LogP contribution is -2.25. The van der Waals surface area contributed by atoms with Crippen LogP contribution in [0.15, 0.2) is 39.9 Å². The van der Waals surface area contributed by atoms with Crippen LogP contribution in [0.3, 0.4) is 0 Å². The predicted octanol–water partition coefficient (Wildman–Crippen LogP) is 4.00. The SMILES string of the molecule is CCOc1ccc(/C=N\NC(=O)COc2c(C)cc(Br)cc2C)cc1OC. The maximum absolute atomic E-state index is 12.0. The first kappa shape index (κ1) is 20.8. The second-order valence-corrected chi connectivity index (χ2v) is 6.71. The van der Waals surface area contributed by atoms with Crippen LogP contribution in [-0.4, -0.2) is 32.4 Å². The molecule has 27 heavy (non-hydrogen) atoms. The van der Waals surface area contributed by atoms with Crippen molar-refractivity contribution >= 4 is 28.1 Å². The molecule has 144 valence electrons. The minimum atomic E-state index is -0.342. The zero-order valence-electron chi connectivity index (χ0n) is 15.8. The number of amides is 1. The van der Waals surface area contributed by atoms with Gasteiger partial charge in [-0.25, -0.2) is 5.43 Å². The fraction of sp³-hybridized carbons (Fsp3) is 0.300. The van der Waals surface area contributed by atoms with E-state index in [9.17, 15) is 4.79 Å². The molecule has 0 bridgehead atoms. The number of aryl methyl sites for hydroxylation is 2. The Morgan fingerprint density at radius 3 is 2.48 bits per heavy atom. The highest BCUT2D eigenvalue weighted by Crippen LogP contribution is 2.28. The van der Waals surface area contributed by atoms with Crippen molar-refractivity contribution in [2.45, 2.75) is 20.8 Å². The van der Waals surface area contributed by atoms with Crippen molar-refractivity contribution in [3.63, 3.8) is 0 Å². The summed E-state index contributed by atoms with van der Waals surface area (Å²) in [6, 6.07) is 9.29. The van der Waals surface area contributed by atoms with Crippen LogP contribution < -0.4 is 19.6 Å². The summed E-state index contributed by atoms with van der Waals surface area (Å²) in [5.41, 5.74) is 5.14. The molecule has 2 aromatic carbocycles. The summed E-state index contributed by atoms with van der Waals surface area (Å²) in [6.07, 6.45) is 1.53. The largest absolute Gasteiger partial charge is 0.493 e. The standard InChI is InChI=1S/C20H23BrN2O4/c1-5-26-17-7-6-15(10-18(17)25-4)11-22-23-19(24)12-27-20-13(2)8-16(21)9-14(20)3/h6-11H,5,12H2,1-4H3,(H,23,24)/b22-11-. The Hall–Kier alpha value is -2.54. The molecule has 0 saturated carbocycles. The Balaban J connectivity index is 1.92. The van der Waals surface area contributed by atoms with Crippen molar-refractivity contribution in [1.82, 2.24) is 5.43 Å². The number of halogens is 1. The molecule has 0 fully saturated rings. The molecule has 0 atom stereocenters. The molecule has 0 aliphatic carbocycles. The van der Waals surface area contributed by atoms with E-state index in [0.29, 0.717) is 23.9 Å². The molecule has 0 saturated heterocycles. The number of benzene rings is 2. The summed E-state index contributed by atoms with van der Waals surface area (Å²) >= 11 is 3.44. The van der Waals surface area contributed by atoms with Crippen LogP contribution >= 0.6 is 15.9 Å². The van der Waals surface area contributed by atoms with Crippen molar-refractivity contribution in [1.29, 1.82) is 0 Å². The van der Waals surface area contributed by atoms with Gasteiger partial charge in [0, 0.05) is 4.47 Å². The summed E-state index contributed by atoms with van der Waals surface area (Å²) in [4.78, 5) is 12.0. The zero-order chi connectivity index (χ0) is 19.8. The van der Waals surface area contributed by atoms with Crippen LogP contribution in [0.4, 0.5) is 0 Å². The molecular formula is C20H23BrN2O4. The molecule has 0 unspecified atom stereocenters. The van der Waals surface area contributed by atoms with E-state index in [1.807, 2.05) is 39.0 Å². The number of nitrogens with zero attached hydrogens (tertiary/aromatic N) is 1. The lowest BCUT2D eigenvalue weighted by Gasteiger charge is -2.12.